The minimum atomic E-state index is -0.679. The van der Waals surface area contributed by atoms with Crippen LogP contribution in [-0.4, -0.2) is 49.0 Å². The molecule has 2 aromatic rings. The van der Waals surface area contributed by atoms with Crippen LogP contribution in [0.3, 0.4) is 0 Å². The molecule has 1 amide bonds. The highest BCUT2D eigenvalue weighted by atomic mass is 32.2. The number of anilines is 1. The van der Waals surface area contributed by atoms with E-state index in [1.54, 1.807) is 0 Å². The molecule has 3 rings (SSSR count). The van der Waals surface area contributed by atoms with Gasteiger partial charge in [0.15, 0.2) is 0 Å². The molecular formula is C23H26N6OS. The lowest BCUT2D eigenvalue weighted by Crippen LogP contribution is -2.30. The van der Waals surface area contributed by atoms with Gasteiger partial charge < -0.3 is 15.5 Å². The highest BCUT2D eigenvalue weighted by Crippen LogP contribution is 2.39. The zero-order valence-corrected chi connectivity index (χ0v) is 18.7. The first-order chi connectivity index (χ1) is 15.0. The van der Waals surface area contributed by atoms with Gasteiger partial charge in [0, 0.05) is 19.6 Å². The third-order valence-electron chi connectivity index (χ3n) is 5.43. The first-order valence-electron chi connectivity index (χ1n) is 10.3. The first-order valence-corrected chi connectivity index (χ1v) is 11.2. The highest BCUT2D eigenvalue weighted by Gasteiger charge is 2.27. The number of nitriles is 2. The van der Waals surface area contributed by atoms with Crippen molar-refractivity contribution in [3.8, 4) is 12.1 Å². The topological polar surface area (TPSA) is 110 Å². The Kier molecular flexibility index (Phi) is 7.51. The maximum absolute atomic E-state index is 12.3. The van der Waals surface area contributed by atoms with Crippen molar-refractivity contribution in [2.45, 2.75) is 30.0 Å². The van der Waals surface area contributed by atoms with Crippen molar-refractivity contribution in [3.63, 3.8) is 0 Å². The molecule has 0 aliphatic carbocycles. The van der Waals surface area contributed by atoms with E-state index in [0.717, 1.165) is 38.2 Å². The van der Waals surface area contributed by atoms with Crippen LogP contribution in [0.1, 0.15) is 40.8 Å². The van der Waals surface area contributed by atoms with Gasteiger partial charge >= 0.3 is 0 Å². The van der Waals surface area contributed by atoms with E-state index in [1.807, 2.05) is 37.3 Å². The van der Waals surface area contributed by atoms with E-state index < -0.39 is 11.2 Å². The summed E-state index contributed by atoms with van der Waals surface area (Å²) in [4.78, 5) is 21.4. The molecule has 0 spiro atoms. The summed E-state index contributed by atoms with van der Waals surface area (Å²) in [6, 6.07) is 13.7. The average molecular weight is 435 g/mol. The Balaban J connectivity index is 2.12. The Morgan fingerprint density at radius 2 is 1.87 bits per heavy atom. The number of aromatic nitrogens is 1. The zero-order valence-electron chi connectivity index (χ0n) is 17.8. The van der Waals surface area contributed by atoms with Crippen LogP contribution in [0.15, 0.2) is 35.4 Å². The number of pyridine rings is 1. The molecule has 2 N–H and O–H groups in total. The second-order valence-corrected chi connectivity index (χ2v) is 8.59. The number of hydrogen-bond donors (Lipinski definition) is 1. The van der Waals surface area contributed by atoms with Gasteiger partial charge in [0.05, 0.1) is 11.1 Å². The van der Waals surface area contributed by atoms with Crippen molar-refractivity contribution in [1.82, 2.24) is 9.88 Å². The largest absolute Gasteiger partial charge is 0.368 e. The number of thioether (sulfide) groups is 1. The number of rotatable bonds is 6. The summed E-state index contributed by atoms with van der Waals surface area (Å²) in [5.74, 6) is 0.0923. The molecule has 0 saturated carbocycles. The monoisotopic (exact) mass is 434 g/mol. The first kappa shape index (κ1) is 22.6. The number of hydrogen-bond acceptors (Lipinski definition) is 7. The summed E-state index contributed by atoms with van der Waals surface area (Å²) >= 11 is 1.18. The van der Waals surface area contributed by atoms with Crippen LogP contribution in [0.5, 0.6) is 0 Å². The number of amides is 1. The van der Waals surface area contributed by atoms with Gasteiger partial charge in [-0.3, -0.25) is 4.79 Å². The Morgan fingerprint density at radius 1 is 1.16 bits per heavy atom. The van der Waals surface area contributed by atoms with Crippen LogP contribution in [0.25, 0.3) is 0 Å². The molecule has 7 nitrogen and oxygen atoms in total. The second-order valence-electron chi connectivity index (χ2n) is 7.50. The fraction of sp³-hybridized carbons (Fsp3) is 0.391. The van der Waals surface area contributed by atoms with Crippen LogP contribution in [0.4, 0.5) is 5.82 Å². The second kappa shape index (κ2) is 10.3. The molecule has 1 saturated heterocycles. The molecule has 1 aliphatic rings. The van der Waals surface area contributed by atoms with E-state index >= 15 is 0 Å². The van der Waals surface area contributed by atoms with Gasteiger partial charge in [-0.05, 0) is 37.6 Å². The zero-order chi connectivity index (χ0) is 22.4. The number of carbonyl (C=O) groups excluding carboxylic acids is 1. The van der Waals surface area contributed by atoms with Crippen molar-refractivity contribution in [2.24, 2.45) is 5.73 Å². The number of likely N-dealkylation sites (N-methyl/N-ethyl adjacent to an activating group) is 1. The highest BCUT2D eigenvalue weighted by molar-refractivity contribution is 8.00. The third kappa shape index (κ3) is 4.99. The van der Waals surface area contributed by atoms with Crippen molar-refractivity contribution in [3.05, 3.63) is 52.6 Å². The van der Waals surface area contributed by atoms with Gasteiger partial charge in [0.2, 0.25) is 5.91 Å². The van der Waals surface area contributed by atoms with Gasteiger partial charge in [0.25, 0.3) is 0 Å². The SMILES string of the molecule is CCc1c(C#N)c(SC(C(N)=O)c2ccccc2)nc(N2CCCN(C)CC2)c1C#N. The van der Waals surface area contributed by atoms with Gasteiger partial charge in [0.1, 0.15) is 28.2 Å². The van der Waals surface area contributed by atoms with Crippen LogP contribution in [-0.2, 0) is 11.2 Å². The van der Waals surface area contributed by atoms with Crippen LogP contribution >= 0.6 is 11.8 Å². The summed E-state index contributed by atoms with van der Waals surface area (Å²) in [6.07, 6.45) is 1.48. The van der Waals surface area contributed by atoms with Crippen molar-refractivity contribution >= 4 is 23.5 Å². The summed E-state index contributed by atoms with van der Waals surface area (Å²) in [5, 5.41) is 19.6. The molecule has 8 heteroatoms. The fourth-order valence-electron chi connectivity index (χ4n) is 3.79. The molecule has 1 atom stereocenters. The van der Waals surface area contributed by atoms with E-state index in [-0.39, 0.29) is 0 Å². The van der Waals surface area contributed by atoms with Crippen molar-refractivity contribution in [2.75, 3.05) is 38.1 Å². The minimum Gasteiger partial charge on any atom is -0.368 e. The Labute approximate surface area is 187 Å². The number of benzene rings is 1. The molecule has 1 unspecified atom stereocenters. The van der Waals surface area contributed by atoms with Gasteiger partial charge in [-0.2, -0.15) is 10.5 Å². The molecule has 2 heterocycles. The minimum absolute atomic E-state index is 0.349. The quantitative estimate of drug-likeness (QED) is 0.696. The summed E-state index contributed by atoms with van der Waals surface area (Å²) in [7, 11) is 2.08. The molecule has 1 aromatic heterocycles. The number of primary amides is 1. The van der Waals surface area contributed by atoms with Gasteiger partial charge in [-0.15, -0.1) is 0 Å². The Hall–Kier alpha value is -3.07. The van der Waals surface area contributed by atoms with Crippen LogP contribution < -0.4 is 10.6 Å². The average Bonchev–Trinajstić information content (AvgIpc) is 3.00. The third-order valence-corrected chi connectivity index (χ3v) is 6.69. The molecule has 160 valence electrons. The number of nitrogens with zero attached hydrogens (tertiary/aromatic N) is 5. The molecule has 1 fully saturated rings. The van der Waals surface area contributed by atoms with Crippen LogP contribution in [0.2, 0.25) is 0 Å². The van der Waals surface area contributed by atoms with Crippen molar-refractivity contribution < 1.29 is 4.79 Å². The predicted molar refractivity (Wildman–Crippen MR) is 122 cm³/mol. The molecule has 0 bridgehead atoms. The van der Waals surface area contributed by atoms with E-state index in [0.29, 0.717) is 34.0 Å². The molecule has 1 aromatic carbocycles. The fourth-order valence-corrected chi connectivity index (χ4v) is 4.84. The standard InChI is InChI=1S/C23H26N6OS/c1-3-17-18(14-24)22(29-11-7-10-28(2)12-13-29)27-23(19(17)15-25)31-20(21(26)30)16-8-5-4-6-9-16/h4-6,8-9,20H,3,7,10-13H2,1-2H3,(H2,26,30). The Bertz CT molecular complexity index is 1030. The molecular weight excluding hydrogens is 408 g/mol. The Morgan fingerprint density at radius 3 is 2.48 bits per heavy atom. The predicted octanol–water partition coefficient (Wildman–Crippen LogP) is 2.85. The molecule has 1 aliphatic heterocycles. The lowest BCUT2D eigenvalue weighted by molar-refractivity contribution is -0.117. The lowest BCUT2D eigenvalue weighted by atomic mass is 10.0. The summed E-state index contributed by atoms with van der Waals surface area (Å²) in [6.45, 7) is 5.30. The number of carbonyl (C=O) groups is 1. The smallest absolute Gasteiger partial charge is 0.235 e. The van der Waals surface area contributed by atoms with Crippen molar-refractivity contribution in [1.29, 1.82) is 10.5 Å². The van der Waals surface area contributed by atoms with Gasteiger partial charge in [-0.1, -0.05) is 49.0 Å². The van der Waals surface area contributed by atoms with Gasteiger partial charge in [-0.25, -0.2) is 4.98 Å². The van der Waals surface area contributed by atoms with E-state index in [9.17, 15) is 15.3 Å². The van der Waals surface area contributed by atoms with Crippen LogP contribution in [0, 0.1) is 22.7 Å². The van der Waals surface area contributed by atoms with E-state index in [4.69, 9.17) is 10.7 Å². The van der Waals surface area contributed by atoms with E-state index in [1.165, 1.54) is 11.8 Å². The van der Waals surface area contributed by atoms with E-state index in [2.05, 4.69) is 29.0 Å². The molecule has 31 heavy (non-hydrogen) atoms. The number of nitrogens with two attached hydrogens (primary N) is 1. The lowest BCUT2D eigenvalue weighted by Gasteiger charge is -2.25. The summed E-state index contributed by atoms with van der Waals surface area (Å²) in [5.41, 5.74) is 7.94. The summed E-state index contributed by atoms with van der Waals surface area (Å²) < 4.78 is 0. The maximum Gasteiger partial charge on any atom is 0.235 e. The normalized spacial score (nSPS) is 15.5. The molecule has 0 radical (unpaired) electrons. The maximum atomic E-state index is 12.3.